The summed E-state index contributed by atoms with van der Waals surface area (Å²) in [4.78, 5) is 35.6. The van der Waals surface area contributed by atoms with Gasteiger partial charge >= 0.3 is 5.91 Å². The quantitative estimate of drug-likeness (QED) is 0.523. The maximum Gasteiger partial charge on any atom is 0.336 e. The molecule has 1 aromatic carbocycles. The molecular formula is C18H25Cl2N2O3+. The molecule has 0 fully saturated rings. The first kappa shape index (κ1) is 21.6. The zero-order valence-corrected chi connectivity index (χ0v) is 16.5. The van der Waals surface area contributed by atoms with Crippen LogP contribution >= 0.6 is 23.2 Å². The molecule has 0 heterocycles. The number of rotatable bonds is 9. The van der Waals surface area contributed by atoms with Gasteiger partial charge in [-0.15, -0.1) is 0 Å². The number of hydrogen-bond donors (Lipinski definition) is 1. The number of nitrogens with one attached hydrogen (secondary N) is 1. The lowest BCUT2D eigenvalue weighted by atomic mass is 9.99. The van der Waals surface area contributed by atoms with Crippen molar-refractivity contribution in [3.05, 3.63) is 33.8 Å². The monoisotopic (exact) mass is 387 g/mol. The lowest BCUT2D eigenvalue weighted by molar-refractivity contribution is -0.830. The highest BCUT2D eigenvalue weighted by Gasteiger charge is 2.41. The van der Waals surface area contributed by atoms with Gasteiger partial charge in [0.05, 0.1) is 14.1 Å². The topological polar surface area (TPSA) is 63.2 Å². The van der Waals surface area contributed by atoms with Crippen LogP contribution in [0.4, 0.5) is 0 Å². The maximum atomic E-state index is 13.0. The van der Waals surface area contributed by atoms with Crippen molar-refractivity contribution in [2.45, 2.75) is 38.8 Å². The number of hydrogen-bond acceptors (Lipinski definition) is 3. The fraction of sp³-hybridized carbons (Fsp3) is 0.500. The van der Waals surface area contributed by atoms with Gasteiger partial charge in [-0.3, -0.25) is 14.1 Å². The summed E-state index contributed by atoms with van der Waals surface area (Å²) in [6.45, 7) is 3.94. The molecule has 1 N–H and O–H groups in total. The molecule has 2 atom stereocenters. The average Bonchev–Trinajstić information content (AvgIpc) is 2.53. The molecule has 0 saturated carbocycles. The first-order chi connectivity index (χ1) is 11.6. The molecule has 1 rings (SSSR count). The Kier molecular flexibility index (Phi) is 8.06. The Morgan fingerprint density at radius 1 is 1.24 bits per heavy atom. The Bertz CT molecular complexity index is 633. The van der Waals surface area contributed by atoms with Gasteiger partial charge in [0.2, 0.25) is 6.41 Å². The largest absolute Gasteiger partial charge is 0.343 e. The molecule has 0 aliphatic carbocycles. The molecule has 0 unspecified atom stereocenters. The van der Waals surface area contributed by atoms with Crippen LogP contribution in [0.2, 0.25) is 10.0 Å². The lowest BCUT2D eigenvalue weighted by Gasteiger charge is -2.35. The molecule has 1 aromatic rings. The van der Waals surface area contributed by atoms with Gasteiger partial charge in [-0.1, -0.05) is 37.0 Å². The summed E-state index contributed by atoms with van der Waals surface area (Å²) in [5, 5.41) is 3.58. The van der Waals surface area contributed by atoms with Gasteiger partial charge in [0, 0.05) is 16.5 Å². The number of aldehydes is 1. The fourth-order valence-corrected chi connectivity index (χ4v) is 3.10. The first-order valence-electron chi connectivity index (χ1n) is 8.10. The van der Waals surface area contributed by atoms with E-state index in [0.717, 1.165) is 6.29 Å². The normalized spacial score (nSPS) is 14.0. The van der Waals surface area contributed by atoms with Crippen LogP contribution in [0.3, 0.4) is 0 Å². The van der Waals surface area contributed by atoms with E-state index in [1.807, 2.05) is 13.8 Å². The van der Waals surface area contributed by atoms with Gasteiger partial charge in [-0.05, 0) is 36.1 Å². The molecule has 7 heteroatoms. The second-order valence-electron chi connectivity index (χ2n) is 6.99. The molecule has 0 saturated heterocycles. The van der Waals surface area contributed by atoms with Crippen molar-refractivity contribution < 1.29 is 18.9 Å². The number of carbonyl (C=O) groups excluding carboxylic acids is 3. The summed E-state index contributed by atoms with van der Waals surface area (Å²) < 4.78 is -0.190. The molecule has 0 aliphatic heterocycles. The molecule has 138 valence electrons. The van der Waals surface area contributed by atoms with Crippen molar-refractivity contribution in [3.8, 4) is 0 Å². The van der Waals surface area contributed by atoms with Crippen LogP contribution in [0.1, 0.15) is 25.8 Å². The fourth-order valence-electron chi connectivity index (χ4n) is 2.71. The van der Waals surface area contributed by atoms with Gasteiger partial charge in [0.15, 0.2) is 12.3 Å². The highest BCUT2D eigenvalue weighted by molar-refractivity contribution is 6.33. The van der Waals surface area contributed by atoms with E-state index >= 15 is 0 Å². The Morgan fingerprint density at radius 3 is 2.40 bits per heavy atom. The minimum Gasteiger partial charge on any atom is -0.343 e. The molecule has 0 aromatic heterocycles. The Morgan fingerprint density at radius 2 is 1.88 bits per heavy atom. The van der Waals surface area contributed by atoms with Gasteiger partial charge in [0.1, 0.15) is 6.04 Å². The van der Waals surface area contributed by atoms with Crippen molar-refractivity contribution in [1.29, 1.82) is 0 Å². The molecule has 5 nitrogen and oxygen atoms in total. The zero-order valence-electron chi connectivity index (χ0n) is 15.0. The summed E-state index contributed by atoms with van der Waals surface area (Å²) >= 11 is 12.2. The minimum atomic E-state index is -0.648. The van der Waals surface area contributed by atoms with Gasteiger partial charge in [-0.2, -0.15) is 0 Å². The van der Waals surface area contributed by atoms with Gasteiger partial charge in [-0.25, -0.2) is 4.79 Å². The summed E-state index contributed by atoms with van der Waals surface area (Å²) in [7, 11) is 3.33. The van der Waals surface area contributed by atoms with E-state index in [-0.39, 0.29) is 22.7 Å². The van der Waals surface area contributed by atoms with Crippen LogP contribution < -0.4 is 5.32 Å². The third-order valence-corrected chi connectivity index (χ3v) is 4.87. The molecule has 0 bridgehead atoms. The van der Waals surface area contributed by atoms with Gasteiger partial charge < -0.3 is 5.32 Å². The van der Waals surface area contributed by atoms with Crippen LogP contribution in [0.15, 0.2) is 18.2 Å². The summed E-state index contributed by atoms with van der Waals surface area (Å²) in [5.41, 5.74) is 0.703. The summed E-state index contributed by atoms with van der Waals surface area (Å²) in [6.07, 6.45) is 2.05. The minimum absolute atomic E-state index is 0.190. The maximum absolute atomic E-state index is 13.0. The SMILES string of the molecule is CC(C)C[C@H](NC=O)C(=O)[N+](C)(C)[C@H](C=O)Cc1cc(Cl)ccc1Cl. The van der Waals surface area contributed by atoms with E-state index in [4.69, 9.17) is 23.2 Å². The predicted molar refractivity (Wildman–Crippen MR) is 99.6 cm³/mol. The second-order valence-corrected chi connectivity index (χ2v) is 7.83. The number of halogens is 2. The van der Waals surface area contributed by atoms with E-state index in [2.05, 4.69) is 5.32 Å². The number of amides is 2. The van der Waals surface area contributed by atoms with Crippen LogP contribution in [-0.4, -0.2) is 49.3 Å². The highest BCUT2D eigenvalue weighted by Crippen LogP contribution is 2.24. The predicted octanol–water partition coefficient (Wildman–Crippen LogP) is 2.87. The molecule has 0 aliphatic rings. The van der Waals surface area contributed by atoms with E-state index in [1.54, 1.807) is 32.3 Å². The van der Waals surface area contributed by atoms with Crippen LogP contribution in [-0.2, 0) is 20.8 Å². The third-order valence-electron chi connectivity index (χ3n) is 4.27. The molecule has 0 spiro atoms. The third kappa shape index (κ3) is 5.80. The van der Waals surface area contributed by atoms with Crippen molar-refractivity contribution in [3.63, 3.8) is 0 Å². The number of likely N-dealkylation sites (N-methyl/N-ethyl adjacent to an activating group) is 1. The van der Waals surface area contributed by atoms with Crippen molar-refractivity contribution in [2.24, 2.45) is 5.92 Å². The van der Waals surface area contributed by atoms with E-state index < -0.39 is 12.1 Å². The van der Waals surface area contributed by atoms with Gasteiger partial charge in [0.25, 0.3) is 0 Å². The van der Waals surface area contributed by atoms with Crippen LogP contribution in [0.5, 0.6) is 0 Å². The van der Waals surface area contributed by atoms with Crippen molar-refractivity contribution >= 4 is 41.8 Å². The standard InChI is InChI=1S/C18H24Cl2N2O3/c1-12(2)7-17(21-11-24)18(25)22(3,4)15(10-23)9-13-8-14(19)5-6-16(13)20/h5-6,8,10-12,15,17H,7,9H2,1-4H3/p+1/t15-,17-/m0/s1. The molecular weight excluding hydrogens is 363 g/mol. The molecule has 25 heavy (non-hydrogen) atoms. The van der Waals surface area contributed by atoms with E-state index in [0.29, 0.717) is 28.4 Å². The van der Waals surface area contributed by atoms with Crippen LogP contribution in [0.25, 0.3) is 0 Å². The number of benzene rings is 1. The molecule has 0 radical (unpaired) electrons. The Balaban J connectivity index is 3.08. The van der Waals surface area contributed by atoms with E-state index in [9.17, 15) is 14.4 Å². The summed E-state index contributed by atoms with van der Waals surface area (Å²) in [5.74, 6) is -0.00509. The number of nitrogens with zero attached hydrogens (tertiary/aromatic N) is 1. The van der Waals surface area contributed by atoms with Crippen LogP contribution in [0, 0.1) is 5.92 Å². The summed E-state index contributed by atoms with van der Waals surface area (Å²) in [6, 6.07) is 3.73. The van der Waals surface area contributed by atoms with E-state index in [1.165, 1.54) is 0 Å². The molecule has 2 amide bonds. The number of quaternary nitrogens is 1. The zero-order chi connectivity index (χ0) is 19.2. The highest BCUT2D eigenvalue weighted by atomic mass is 35.5. The first-order valence-corrected chi connectivity index (χ1v) is 8.86. The second kappa shape index (κ2) is 9.32. The van der Waals surface area contributed by atoms with Crippen molar-refractivity contribution in [1.82, 2.24) is 5.32 Å². The lowest BCUT2D eigenvalue weighted by Crippen LogP contribution is -2.61. The average molecular weight is 388 g/mol. The smallest absolute Gasteiger partial charge is 0.336 e. The van der Waals surface area contributed by atoms with Crippen molar-refractivity contribution in [2.75, 3.05) is 14.1 Å². The number of carbonyl (C=O) groups is 3. The Labute approximate surface area is 158 Å². The Hall–Kier alpha value is -1.43.